The minimum atomic E-state index is -3.86. The van der Waals surface area contributed by atoms with Crippen LogP contribution in [0.5, 0.6) is 0 Å². The fraction of sp³-hybridized carbons (Fsp3) is 0.118. The fourth-order valence-electron chi connectivity index (χ4n) is 1.92. The lowest BCUT2D eigenvalue weighted by Gasteiger charge is -2.12. The van der Waals surface area contributed by atoms with E-state index < -0.39 is 9.84 Å². The molecule has 4 nitrogen and oxygen atoms in total. The van der Waals surface area contributed by atoms with Gasteiger partial charge in [0.05, 0.1) is 4.90 Å². The third-order valence-corrected chi connectivity index (χ3v) is 5.71. The Kier molecular flexibility index (Phi) is 5.48. The second-order valence-electron chi connectivity index (χ2n) is 4.78. The van der Waals surface area contributed by atoms with Crippen LogP contribution in [0.2, 0.25) is 0 Å². The summed E-state index contributed by atoms with van der Waals surface area (Å²) in [4.78, 5) is -0.168. The first kappa shape index (κ1) is 17.1. The van der Waals surface area contributed by atoms with Crippen LogP contribution in [0.4, 0.5) is 5.69 Å². The van der Waals surface area contributed by atoms with Gasteiger partial charge in [0.1, 0.15) is 11.1 Å². The third-order valence-electron chi connectivity index (χ3n) is 3.14. The van der Waals surface area contributed by atoms with Crippen molar-refractivity contribution in [3.63, 3.8) is 0 Å². The first-order valence-electron chi connectivity index (χ1n) is 6.81. The molecule has 0 heterocycles. The zero-order valence-corrected chi connectivity index (χ0v) is 14.4. The average Bonchev–Trinajstić information content (AvgIpc) is 2.55. The Morgan fingerprint density at radius 3 is 2.22 bits per heavy atom. The third kappa shape index (κ3) is 3.95. The van der Waals surface area contributed by atoms with Crippen molar-refractivity contribution in [3.8, 4) is 6.07 Å². The molecule has 0 saturated heterocycles. The maximum atomic E-state index is 12.7. The van der Waals surface area contributed by atoms with Gasteiger partial charge < -0.3 is 5.32 Å². The van der Waals surface area contributed by atoms with Crippen LogP contribution >= 0.6 is 11.8 Å². The van der Waals surface area contributed by atoms with Gasteiger partial charge in [-0.15, -0.1) is 11.8 Å². The minimum Gasteiger partial charge on any atom is -0.349 e. The number of benzene rings is 2. The van der Waals surface area contributed by atoms with Gasteiger partial charge in [-0.1, -0.05) is 35.9 Å². The first-order chi connectivity index (χ1) is 11.0. The number of anilines is 1. The van der Waals surface area contributed by atoms with E-state index in [0.717, 1.165) is 11.3 Å². The molecule has 0 atom stereocenters. The summed E-state index contributed by atoms with van der Waals surface area (Å²) in [5, 5.41) is 12.7. The van der Waals surface area contributed by atoms with E-state index in [9.17, 15) is 13.7 Å². The van der Waals surface area contributed by atoms with Crippen molar-refractivity contribution in [1.82, 2.24) is 0 Å². The van der Waals surface area contributed by atoms with Crippen molar-refractivity contribution >= 4 is 27.3 Å². The number of nitrogens with zero attached hydrogens (tertiary/aromatic N) is 1. The van der Waals surface area contributed by atoms with E-state index in [1.54, 1.807) is 18.4 Å². The van der Waals surface area contributed by atoms with E-state index in [1.807, 2.05) is 43.3 Å². The normalized spacial score (nSPS) is 12.2. The number of nitrogens with one attached hydrogen (secondary N) is 1. The lowest BCUT2D eigenvalue weighted by Crippen LogP contribution is -2.09. The van der Waals surface area contributed by atoms with Gasteiger partial charge in [0.2, 0.25) is 9.84 Å². The van der Waals surface area contributed by atoms with Crippen molar-refractivity contribution in [2.45, 2.75) is 11.8 Å². The van der Waals surface area contributed by atoms with E-state index in [1.165, 1.54) is 23.9 Å². The summed E-state index contributed by atoms with van der Waals surface area (Å²) in [6.07, 6.45) is 1.73. The molecule has 0 fully saturated rings. The van der Waals surface area contributed by atoms with Gasteiger partial charge in [-0.3, -0.25) is 0 Å². The fourth-order valence-corrected chi connectivity index (χ4v) is 4.10. The lowest BCUT2D eigenvalue weighted by atomic mass is 10.2. The quantitative estimate of drug-likeness (QED) is 0.832. The van der Waals surface area contributed by atoms with Crippen LogP contribution in [0, 0.1) is 18.3 Å². The Morgan fingerprint density at radius 1 is 1.09 bits per heavy atom. The van der Waals surface area contributed by atoms with Gasteiger partial charge in [0.25, 0.3) is 0 Å². The zero-order chi connectivity index (χ0) is 16.9. The summed E-state index contributed by atoms with van der Waals surface area (Å²) in [5.41, 5.74) is 1.68. The van der Waals surface area contributed by atoms with Crippen molar-refractivity contribution in [2.24, 2.45) is 0 Å². The van der Waals surface area contributed by atoms with Crippen LogP contribution in [-0.2, 0) is 9.84 Å². The van der Waals surface area contributed by atoms with Crippen LogP contribution in [0.3, 0.4) is 0 Å². The molecule has 2 aromatic rings. The van der Waals surface area contributed by atoms with Crippen LogP contribution < -0.4 is 5.32 Å². The second-order valence-corrected chi connectivity index (χ2v) is 7.48. The van der Waals surface area contributed by atoms with Crippen LogP contribution in [0.25, 0.3) is 0 Å². The van der Waals surface area contributed by atoms with Crippen LogP contribution in [0.1, 0.15) is 5.56 Å². The molecule has 0 aliphatic carbocycles. The minimum absolute atomic E-state index is 0.112. The highest BCUT2D eigenvalue weighted by Gasteiger charge is 2.24. The molecule has 23 heavy (non-hydrogen) atoms. The predicted octanol–water partition coefficient (Wildman–Crippen LogP) is 3.94. The molecule has 0 spiro atoms. The molecule has 0 unspecified atom stereocenters. The van der Waals surface area contributed by atoms with E-state index in [4.69, 9.17) is 0 Å². The van der Waals surface area contributed by atoms with Crippen molar-refractivity contribution in [1.29, 1.82) is 5.26 Å². The van der Waals surface area contributed by atoms with Crippen LogP contribution in [0.15, 0.2) is 69.4 Å². The van der Waals surface area contributed by atoms with Crippen molar-refractivity contribution in [2.75, 3.05) is 11.6 Å². The molecule has 0 bridgehead atoms. The Hall–Kier alpha value is -2.23. The summed E-state index contributed by atoms with van der Waals surface area (Å²) in [7, 11) is -3.86. The van der Waals surface area contributed by atoms with Gasteiger partial charge in [-0.2, -0.15) is 5.26 Å². The molecule has 0 aromatic heterocycles. The number of allylic oxidation sites excluding steroid dienone is 1. The maximum Gasteiger partial charge on any atom is 0.219 e. The summed E-state index contributed by atoms with van der Waals surface area (Å²) < 4.78 is 25.5. The lowest BCUT2D eigenvalue weighted by molar-refractivity contribution is 0.603. The number of thioether (sulfide) groups is 1. The number of hydrogen-bond acceptors (Lipinski definition) is 5. The monoisotopic (exact) mass is 344 g/mol. The second kappa shape index (κ2) is 7.36. The number of aryl methyl sites for hydroxylation is 1. The number of sulfone groups is 1. The zero-order valence-electron chi connectivity index (χ0n) is 12.8. The molecule has 0 radical (unpaired) electrons. The largest absolute Gasteiger partial charge is 0.349 e. The number of nitriles is 1. The van der Waals surface area contributed by atoms with E-state index >= 15 is 0 Å². The molecule has 0 aliphatic heterocycles. The SMILES string of the molecule is CS/C(Nc1ccccc1)=C(\C#N)S(=O)(=O)c1ccc(C)cc1. The smallest absolute Gasteiger partial charge is 0.219 e. The summed E-state index contributed by atoms with van der Waals surface area (Å²) >= 11 is 1.19. The van der Waals surface area contributed by atoms with Crippen molar-refractivity contribution in [3.05, 3.63) is 70.1 Å². The molecule has 6 heteroatoms. The Bertz CT molecular complexity index is 850. The molecular weight excluding hydrogens is 328 g/mol. The summed E-state index contributed by atoms with van der Waals surface area (Å²) in [6, 6.07) is 17.4. The first-order valence-corrected chi connectivity index (χ1v) is 9.52. The molecular formula is C17H16N2O2S2. The highest BCUT2D eigenvalue weighted by atomic mass is 32.2. The van der Waals surface area contributed by atoms with E-state index in [0.29, 0.717) is 5.03 Å². The molecule has 2 aromatic carbocycles. The van der Waals surface area contributed by atoms with E-state index in [-0.39, 0.29) is 9.80 Å². The van der Waals surface area contributed by atoms with Gasteiger partial charge in [-0.25, -0.2) is 8.42 Å². The van der Waals surface area contributed by atoms with Crippen molar-refractivity contribution < 1.29 is 8.42 Å². The molecule has 1 N–H and O–H groups in total. The van der Waals surface area contributed by atoms with Gasteiger partial charge in [-0.05, 0) is 37.4 Å². The standard InChI is InChI=1S/C17H16N2O2S2/c1-13-8-10-15(11-9-13)23(20,21)16(12-18)17(22-2)19-14-6-4-3-5-7-14/h3-11,19H,1-2H3/b17-16+. The number of hydrogen-bond donors (Lipinski definition) is 1. The molecule has 0 saturated carbocycles. The molecule has 118 valence electrons. The number of para-hydroxylation sites is 1. The van der Waals surface area contributed by atoms with E-state index in [2.05, 4.69) is 5.32 Å². The number of rotatable bonds is 5. The Labute approximate surface area is 140 Å². The van der Waals surface area contributed by atoms with Gasteiger partial charge >= 0.3 is 0 Å². The highest BCUT2D eigenvalue weighted by molar-refractivity contribution is 8.04. The average molecular weight is 344 g/mol. The Morgan fingerprint density at radius 2 is 1.70 bits per heavy atom. The van der Waals surface area contributed by atoms with Crippen LogP contribution in [-0.4, -0.2) is 14.7 Å². The van der Waals surface area contributed by atoms with Gasteiger partial charge in [0, 0.05) is 5.69 Å². The molecule has 0 aliphatic rings. The molecule has 2 rings (SSSR count). The topological polar surface area (TPSA) is 70.0 Å². The predicted molar refractivity (Wildman–Crippen MR) is 94.6 cm³/mol. The summed E-state index contributed by atoms with van der Waals surface area (Å²) in [6.45, 7) is 1.88. The van der Waals surface area contributed by atoms with Gasteiger partial charge in [0.15, 0.2) is 4.91 Å². The molecule has 0 amide bonds. The maximum absolute atomic E-state index is 12.7. The Balaban J connectivity index is 2.50. The highest BCUT2D eigenvalue weighted by Crippen LogP contribution is 2.27. The summed E-state index contributed by atoms with van der Waals surface area (Å²) in [5.74, 6) is 0.